The smallest absolute Gasteiger partial charge is 0.0351 e. The minimum atomic E-state index is 0. The molecule has 0 nitrogen and oxygen atoms in total. The zero-order valence-electron chi connectivity index (χ0n) is 14.6. The van der Waals surface area contributed by atoms with E-state index in [9.17, 15) is 0 Å². The fraction of sp³-hybridized carbons (Fsp3) is 0.889. The Bertz CT molecular complexity index is 155. The SMILES string of the molecule is CCCCCCCC/C=C/CCCCCCCC.Cl.Cl.P. The van der Waals surface area contributed by atoms with Crippen molar-refractivity contribution in [3.8, 4) is 0 Å². The fourth-order valence-corrected chi connectivity index (χ4v) is 2.32. The highest BCUT2D eigenvalue weighted by atomic mass is 35.5. The van der Waals surface area contributed by atoms with Crippen molar-refractivity contribution in [2.24, 2.45) is 0 Å². The van der Waals surface area contributed by atoms with Gasteiger partial charge in [-0.05, 0) is 25.7 Å². The molecule has 0 aliphatic carbocycles. The molecule has 3 heteroatoms. The molecule has 0 amide bonds. The summed E-state index contributed by atoms with van der Waals surface area (Å²) in [6.07, 6.45) is 24.4. The summed E-state index contributed by atoms with van der Waals surface area (Å²) in [5.74, 6) is 0. The number of allylic oxidation sites excluding steroid dienone is 2. The molecular weight excluding hydrogens is 318 g/mol. The molecular formula is C18H41Cl2P. The molecule has 0 fully saturated rings. The lowest BCUT2D eigenvalue weighted by molar-refractivity contribution is 0.606. The third kappa shape index (κ3) is 29.4. The highest BCUT2D eigenvalue weighted by Gasteiger charge is 1.89. The minimum absolute atomic E-state index is 0. The predicted molar refractivity (Wildman–Crippen MR) is 111 cm³/mol. The van der Waals surface area contributed by atoms with Crippen LogP contribution in [0, 0.1) is 0 Å². The average Bonchev–Trinajstić information content (AvgIpc) is 2.39. The van der Waals surface area contributed by atoms with E-state index in [4.69, 9.17) is 0 Å². The maximum Gasteiger partial charge on any atom is -0.0351 e. The Morgan fingerprint density at radius 3 is 1.10 bits per heavy atom. The van der Waals surface area contributed by atoms with Gasteiger partial charge in [0.05, 0.1) is 0 Å². The number of hydrogen-bond donors (Lipinski definition) is 0. The second kappa shape index (κ2) is 28.8. The summed E-state index contributed by atoms with van der Waals surface area (Å²) in [5, 5.41) is 0. The minimum Gasteiger partial charge on any atom is -0.153 e. The molecule has 0 rings (SSSR count). The van der Waals surface area contributed by atoms with Crippen LogP contribution in [0.2, 0.25) is 0 Å². The van der Waals surface area contributed by atoms with E-state index in [1.165, 1.54) is 89.9 Å². The summed E-state index contributed by atoms with van der Waals surface area (Å²) >= 11 is 0. The molecule has 0 saturated heterocycles. The van der Waals surface area contributed by atoms with Crippen LogP contribution in [0.1, 0.15) is 104 Å². The van der Waals surface area contributed by atoms with E-state index < -0.39 is 0 Å². The van der Waals surface area contributed by atoms with Crippen molar-refractivity contribution in [1.82, 2.24) is 0 Å². The van der Waals surface area contributed by atoms with Crippen LogP contribution >= 0.6 is 34.7 Å². The molecule has 0 radical (unpaired) electrons. The lowest BCUT2D eigenvalue weighted by Gasteiger charge is -1.98. The van der Waals surface area contributed by atoms with Gasteiger partial charge in [-0.1, -0.05) is 90.2 Å². The van der Waals surface area contributed by atoms with E-state index >= 15 is 0 Å². The van der Waals surface area contributed by atoms with Gasteiger partial charge >= 0.3 is 0 Å². The van der Waals surface area contributed by atoms with Crippen molar-refractivity contribution in [3.05, 3.63) is 12.2 Å². The molecule has 0 aromatic carbocycles. The molecule has 0 aliphatic rings. The van der Waals surface area contributed by atoms with Crippen LogP contribution in [0.5, 0.6) is 0 Å². The van der Waals surface area contributed by atoms with Gasteiger partial charge in [-0.25, -0.2) is 0 Å². The van der Waals surface area contributed by atoms with E-state index in [0.717, 1.165) is 0 Å². The quantitative estimate of drug-likeness (QED) is 0.168. The van der Waals surface area contributed by atoms with Crippen LogP contribution in [0.25, 0.3) is 0 Å². The number of halogens is 2. The molecule has 21 heavy (non-hydrogen) atoms. The van der Waals surface area contributed by atoms with Crippen LogP contribution in [0.3, 0.4) is 0 Å². The Kier molecular flexibility index (Phi) is 40.8. The highest BCUT2D eigenvalue weighted by Crippen LogP contribution is 2.09. The summed E-state index contributed by atoms with van der Waals surface area (Å²) in [4.78, 5) is 0. The summed E-state index contributed by atoms with van der Waals surface area (Å²) < 4.78 is 0. The van der Waals surface area contributed by atoms with Crippen molar-refractivity contribution >= 4 is 34.7 Å². The Hall–Kier alpha value is 0.750. The first-order valence-corrected chi connectivity index (χ1v) is 8.56. The van der Waals surface area contributed by atoms with Crippen molar-refractivity contribution < 1.29 is 0 Å². The normalized spacial score (nSPS) is 9.81. The Balaban J connectivity index is -0.000000482. The van der Waals surface area contributed by atoms with Crippen molar-refractivity contribution in [1.29, 1.82) is 0 Å². The van der Waals surface area contributed by atoms with Crippen LogP contribution in [0.15, 0.2) is 12.2 Å². The number of rotatable bonds is 14. The van der Waals surface area contributed by atoms with Gasteiger partial charge in [0.1, 0.15) is 0 Å². The summed E-state index contributed by atoms with van der Waals surface area (Å²) in [5.41, 5.74) is 0. The van der Waals surface area contributed by atoms with Gasteiger partial charge in [-0.2, -0.15) is 9.90 Å². The summed E-state index contributed by atoms with van der Waals surface area (Å²) in [6.45, 7) is 4.57. The first-order chi connectivity index (χ1) is 8.91. The largest absolute Gasteiger partial charge is 0.153 e. The maximum absolute atomic E-state index is 2.41. The predicted octanol–water partition coefficient (Wildman–Crippen LogP) is 7.95. The van der Waals surface area contributed by atoms with Crippen LogP contribution in [-0.4, -0.2) is 0 Å². The fourth-order valence-electron chi connectivity index (χ4n) is 2.32. The van der Waals surface area contributed by atoms with Gasteiger partial charge in [0, 0.05) is 0 Å². The molecule has 0 heterocycles. The number of hydrogen-bond acceptors (Lipinski definition) is 0. The van der Waals surface area contributed by atoms with E-state index in [-0.39, 0.29) is 34.7 Å². The molecule has 0 N–H and O–H groups in total. The maximum atomic E-state index is 2.41. The van der Waals surface area contributed by atoms with Gasteiger partial charge in [-0.3, -0.25) is 0 Å². The Morgan fingerprint density at radius 1 is 0.476 bits per heavy atom. The van der Waals surface area contributed by atoms with Crippen molar-refractivity contribution in [3.63, 3.8) is 0 Å². The molecule has 1 atom stereocenters. The molecule has 132 valence electrons. The van der Waals surface area contributed by atoms with E-state index in [0.29, 0.717) is 0 Å². The van der Waals surface area contributed by atoms with Gasteiger partial charge in [0.25, 0.3) is 0 Å². The standard InChI is InChI=1S/C18H36.2ClH.H3P/c1-3-5-7-9-11-13-15-17-18-16-14-12-10-8-6-4-2;;;/h17-18H,3-16H2,1-2H3;2*1H;1H3/b18-17+;;;. The molecule has 0 spiro atoms. The van der Waals surface area contributed by atoms with Crippen LogP contribution in [-0.2, 0) is 0 Å². The van der Waals surface area contributed by atoms with Gasteiger partial charge in [0.15, 0.2) is 0 Å². The van der Waals surface area contributed by atoms with E-state index in [2.05, 4.69) is 26.0 Å². The molecule has 1 unspecified atom stereocenters. The summed E-state index contributed by atoms with van der Waals surface area (Å²) in [6, 6.07) is 0. The third-order valence-electron chi connectivity index (χ3n) is 3.62. The first-order valence-electron chi connectivity index (χ1n) is 8.56. The number of unbranched alkanes of at least 4 members (excludes halogenated alkanes) is 12. The molecule has 0 aromatic heterocycles. The van der Waals surface area contributed by atoms with Crippen molar-refractivity contribution in [2.75, 3.05) is 0 Å². The lowest BCUT2D eigenvalue weighted by Crippen LogP contribution is -1.79. The van der Waals surface area contributed by atoms with Crippen molar-refractivity contribution in [2.45, 2.75) is 104 Å². The third-order valence-corrected chi connectivity index (χ3v) is 3.62. The van der Waals surface area contributed by atoms with Crippen LogP contribution < -0.4 is 0 Å². The first kappa shape index (κ1) is 29.7. The Labute approximate surface area is 150 Å². The van der Waals surface area contributed by atoms with E-state index in [1.54, 1.807) is 0 Å². The van der Waals surface area contributed by atoms with Gasteiger partial charge in [0.2, 0.25) is 0 Å². The highest BCUT2D eigenvalue weighted by molar-refractivity contribution is 6.92. The Morgan fingerprint density at radius 2 is 0.762 bits per heavy atom. The topological polar surface area (TPSA) is 0 Å². The summed E-state index contributed by atoms with van der Waals surface area (Å²) in [7, 11) is 0. The lowest BCUT2D eigenvalue weighted by atomic mass is 10.1. The molecule has 0 saturated carbocycles. The molecule has 0 aromatic rings. The van der Waals surface area contributed by atoms with E-state index in [1.807, 2.05) is 0 Å². The zero-order chi connectivity index (χ0) is 13.3. The monoisotopic (exact) mass is 358 g/mol. The molecule has 0 bridgehead atoms. The zero-order valence-corrected chi connectivity index (χ0v) is 17.6. The van der Waals surface area contributed by atoms with Crippen LogP contribution in [0.4, 0.5) is 0 Å². The van der Waals surface area contributed by atoms with Gasteiger partial charge in [-0.15, -0.1) is 24.8 Å². The van der Waals surface area contributed by atoms with Gasteiger partial charge < -0.3 is 0 Å². The second-order valence-corrected chi connectivity index (χ2v) is 5.58. The molecule has 0 aliphatic heterocycles. The average molecular weight is 359 g/mol. The second-order valence-electron chi connectivity index (χ2n) is 5.58.